The molecule has 7 nitrogen and oxygen atoms in total. The van der Waals surface area contributed by atoms with Crippen molar-refractivity contribution in [3.05, 3.63) is 17.5 Å². The zero-order chi connectivity index (χ0) is 17.5. The quantitative estimate of drug-likeness (QED) is 0.806. The number of amides is 2. The Balaban J connectivity index is 1.71. The van der Waals surface area contributed by atoms with Crippen LogP contribution >= 0.6 is 0 Å². The number of likely N-dealkylation sites (tertiary alicyclic amines) is 1. The molecule has 2 aliphatic rings. The lowest BCUT2D eigenvalue weighted by atomic mass is 9.89. The van der Waals surface area contributed by atoms with E-state index in [9.17, 15) is 22.8 Å². The van der Waals surface area contributed by atoms with Gasteiger partial charge >= 0.3 is 6.18 Å². The van der Waals surface area contributed by atoms with Crippen molar-refractivity contribution < 1.29 is 27.5 Å². The molecule has 0 aromatic carbocycles. The predicted octanol–water partition coefficient (Wildman–Crippen LogP) is 0.560. The third-order valence-electron chi connectivity index (χ3n) is 4.41. The van der Waals surface area contributed by atoms with Crippen molar-refractivity contribution in [2.75, 3.05) is 26.2 Å². The van der Waals surface area contributed by atoms with E-state index in [2.05, 4.69) is 10.4 Å². The van der Waals surface area contributed by atoms with Crippen LogP contribution in [0, 0.1) is 0 Å². The van der Waals surface area contributed by atoms with E-state index in [1.54, 1.807) is 0 Å². The number of ether oxygens (including phenoxy) is 1. The van der Waals surface area contributed by atoms with E-state index in [4.69, 9.17) is 4.74 Å². The number of hydrogen-bond acceptors (Lipinski definition) is 4. The molecule has 1 aromatic rings. The maximum Gasteiger partial charge on any atom is 0.435 e. The first kappa shape index (κ1) is 16.7. The van der Waals surface area contributed by atoms with Gasteiger partial charge in [0, 0.05) is 32.9 Å². The van der Waals surface area contributed by atoms with E-state index in [0.717, 1.165) is 10.9 Å². The molecule has 0 bridgehead atoms. The van der Waals surface area contributed by atoms with Crippen molar-refractivity contribution in [1.29, 1.82) is 0 Å². The highest BCUT2D eigenvalue weighted by Gasteiger charge is 2.43. The van der Waals surface area contributed by atoms with Gasteiger partial charge in [0.25, 0.3) is 5.91 Å². The fourth-order valence-electron chi connectivity index (χ4n) is 3.04. The molecule has 1 aromatic heterocycles. The summed E-state index contributed by atoms with van der Waals surface area (Å²) in [4.78, 5) is 25.0. The van der Waals surface area contributed by atoms with Gasteiger partial charge in [-0.15, -0.1) is 0 Å². The molecular weight excluding hydrogens is 329 g/mol. The van der Waals surface area contributed by atoms with E-state index in [1.807, 2.05) is 0 Å². The summed E-state index contributed by atoms with van der Waals surface area (Å²) in [5, 5.41) is 6.08. The van der Waals surface area contributed by atoms with E-state index < -0.39 is 28.9 Å². The van der Waals surface area contributed by atoms with Crippen LogP contribution in [0.1, 0.15) is 28.9 Å². The summed E-state index contributed by atoms with van der Waals surface area (Å²) in [6.07, 6.45) is -2.67. The molecule has 0 saturated carbocycles. The number of hydrogen-bond donors (Lipinski definition) is 1. The number of aromatic nitrogens is 2. The Morgan fingerprint density at radius 2 is 2.04 bits per heavy atom. The van der Waals surface area contributed by atoms with Gasteiger partial charge in [-0.3, -0.25) is 14.3 Å². The fraction of sp³-hybridized carbons (Fsp3) is 0.643. The Bertz CT molecular complexity index is 651. The van der Waals surface area contributed by atoms with Gasteiger partial charge in [-0.2, -0.15) is 18.3 Å². The number of rotatable bonds is 1. The van der Waals surface area contributed by atoms with Gasteiger partial charge in [0.05, 0.1) is 11.2 Å². The van der Waals surface area contributed by atoms with Gasteiger partial charge in [-0.1, -0.05) is 0 Å². The Hall–Kier alpha value is -2.10. The molecule has 3 rings (SSSR count). The number of halogens is 3. The van der Waals surface area contributed by atoms with Crippen LogP contribution in [0.25, 0.3) is 0 Å². The molecule has 10 heteroatoms. The van der Waals surface area contributed by atoms with Gasteiger partial charge < -0.3 is 15.0 Å². The third-order valence-corrected chi connectivity index (χ3v) is 4.41. The Morgan fingerprint density at radius 1 is 1.38 bits per heavy atom. The number of morpholine rings is 1. The molecule has 1 spiro atoms. The highest BCUT2D eigenvalue weighted by molar-refractivity contribution is 5.95. The van der Waals surface area contributed by atoms with Crippen LogP contribution in [0.2, 0.25) is 0 Å². The number of nitrogens with one attached hydrogen (secondary N) is 1. The zero-order valence-corrected chi connectivity index (χ0v) is 13.0. The number of nitrogens with zero attached hydrogens (tertiary/aromatic N) is 3. The molecule has 2 amide bonds. The summed E-state index contributed by atoms with van der Waals surface area (Å²) in [6, 6.07) is 0. The van der Waals surface area contributed by atoms with E-state index in [1.165, 1.54) is 11.9 Å². The minimum Gasteiger partial charge on any atom is -0.363 e. The molecule has 132 valence electrons. The van der Waals surface area contributed by atoms with E-state index >= 15 is 0 Å². The van der Waals surface area contributed by atoms with Gasteiger partial charge in [0.1, 0.15) is 6.61 Å². The molecule has 2 fully saturated rings. The summed E-state index contributed by atoms with van der Waals surface area (Å²) < 4.78 is 45.6. The van der Waals surface area contributed by atoms with Crippen LogP contribution in [0.5, 0.6) is 0 Å². The average molecular weight is 346 g/mol. The smallest absolute Gasteiger partial charge is 0.363 e. The number of aryl methyl sites for hydroxylation is 1. The monoisotopic (exact) mass is 346 g/mol. The van der Waals surface area contributed by atoms with Gasteiger partial charge in [0.2, 0.25) is 5.91 Å². The van der Waals surface area contributed by atoms with Gasteiger partial charge in [0.15, 0.2) is 5.69 Å². The van der Waals surface area contributed by atoms with Gasteiger partial charge in [-0.25, -0.2) is 0 Å². The Kier molecular flexibility index (Phi) is 4.02. The minimum absolute atomic E-state index is 0.0330. The normalized spacial score (nSPS) is 21.0. The average Bonchev–Trinajstić information content (AvgIpc) is 2.93. The first-order valence-corrected chi connectivity index (χ1v) is 7.51. The van der Waals surface area contributed by atoms with Crippen molar-refractivity contribution in [3.8, 4) is 0 Å². The maximum absolute atomic E-state index is 13.0. The van der Waals surface area contributed by atoms with Crippen LogP contribution in [0.15, 0.2) is 6.20 Å². The summed E-state index contributed by atoms with van der Waals surface area (Å²) in [7, 11) is 1.34. The second-order valence-electron chi connectivity index (χ2n) is 6.10. The molecule has 1 N–H and O–H groups in total. The number of carbonyl (C=O) groups excluding carboxylic acids is 2. The standard InChI is InChI=1S/C14H17F3N4O3/c1-20-6-9(11(19-20)14(15,16)17)12(23)21-4-2-13(3-5-21)8-18-10(22)7-24-13/h6H,2-5,7-8H2,1H3,(H,18,22). The van der Waals surface area contributed by atoms with Crippen LogP contribution in [0.3, 0.4) is 0 Å². The second-order valence-corrected chi connectivity index (χ2v) is 6.10. The largest absolute Gasteiger partial charge is 0.435 e. The van der Waals surface area contributed by atoms with Crippen LogP contribution in [-0.4, -0.2) is 58.3 Å². The minimum atomic E-state index is -4.68. The van der Waals surface area contributed by atoms with Crippen molar-refractivity contribution in [2.45, 2.75) is 24.6 Å². The molecule has 24 heavy (non-hydrogen) atoms. The lowest BCUT2D eigenvalue weighted by Crippen LogP contribution is -2.58. The zero-order valence-electron chi connectivity index (χ0n) is 13.0. The van der Waals surface area contributed by atoms with Crippen molar-refractivity contribution >= 4 is 11.8 Å². The number of alkyl halides is 3. The predicted molar refractivity (Wildman–Crippen MR) is 75.0 cm³/mol. The lowest BCUT2D eigenvalue weighted by Gasteiger charge is -2.43. The first-order valence-electron chi connectivity index (χ1n) is 7.51. The van der Waals surface area contributed by atoms with Crippen molar-refractivity contribution in [3.63, 3.8) is 0 Å². The molecular formula is C14H17F3N4O3. The first-order chi connectivity index (χ1) is 11.2. The topological polar surface area (TPSA) is 76.5 Å². The fourth-order valence-corrected chi connectivity index (χ4v) is 3.04. The molecule has 0 unspecified atom stereocenters. The van der Waals surface area contributed by atoms with Crippen LogP contribution in [0.4, 0.5) is 13.2 Å². The molecule has 0 atom stereocenters. The third kappa shape index (κ3) is 3.10. The van der Waals surface area contributed by atoms with Crippen LogP contribution in [-0.2, 0) is 22.8 Å². The van der Waals surface area contributed by atoms with Crippen molar-refractivity contribution in [2.24, 2.45) is 7.05 Å². The molecule has 0 radical (unpaired) electrons. The molecule has 0 aliphatic carbocycles. The summed E-state index contributed by atoms with van der Waals surface area (Å²) in [6.45, 7) is 0.852. The molecule has 2 aliphatic heterocycles. The molecule has 3 heterocycles. The SMILES string of the molecule is Cn1cc(C(=O)N2CCC3(CC2)CNC(=O)CO3)c(C(F)(F)F)n1. The summed E-state index contributed by atoms with van der Waals surface area (Å²) in [5.41, 5.74) is -2.15. The highest BCUT2D eigenvalue weighted by atomic mass is 19.4. The Morgan fingerprint density at radius 3 is 2.58 bits per heavy atom. The summed E-state index contributed by atoms with van der Waals surface area (Å²) in [5.74, 6) is -0.880. The highest BCUT2D eigenvalue weighted by Crippen LogP contribution is 2.33. The van der Waals surface area contributed by atoms with Crippen LogP contribution < -0.4 is 5.32 Å². The van der Waals surface area contributed by atoms with E-state index in [-0.39, 0.29) is 25.6 Å². The Labute approximate surface area is 135 Å². The number of carbonyl (C=O) groups is 2. The van der Waals surface area contributed by atoms with Gasteiger partial charge in [-0.05, 0) is 12.8 Å². The summed E-state index contributed by atoms with van der Waals surface area (Å²) >= 11 is 0. The lowest BCUT2D eigenvalue weighted by molar-refractivity contribution is -0.149. The maximum atomic E-state index is 13.0. The van der Waals surface area contributed by atoms with Crippen molar-refractivity contribution in [1.82, 2.24) is 20.0 Å². The number of piperidine rings is 1. The van der Waals surface area contributed by atoms with E-state index in [0.29, 0.717) is 19.4 Å². The second kappa shape index (κ2) is 5.76. The molecule has 2 saturated heterocycles.